The van der Waals surface area contributed by atoms with E-state index in [1.54, 1.807) is 0 Å². The lowest BCUT2D eigenvalue weighted by molar-refractivity contribution is 0.150. The molecular weight excluding hydrogens is 358 g/mol. The van der Waals surface area contributed by atoms with Crippen molar-refractivity contribution in [3.63, 3.8) is 0 Å². The smallest absolute Gasteiger partial charge is 0.191 e. The maximum atomic E-state index is 4.85. The summed E-state index contributed by atoms with van der Waals surface area (Å²) in [6, 6.07) is 9.96. The highest BCUT2D eigenvalue weighted by Crippen LogP contribution is 2.26. The molecule has 2 aromatic rings. The van der Waals surface area contributed by atoms with Gasteiger partial charge in [-0.25, -0.2) is 0 Å². The Morgan fingerprint density at radius 1 is 1.14 bits per heavy atom. The van der Waals surface area contributed by atoms with Gasteiger partial charge in [0.05, 0.1) is 0 Å². The average molecular weight is 396 g/mol. The van der Waals surface area contributed by atoms with Gasteiger partial charge in [-0.3, -0.25) is 4.99 Å². The predicted octanol–water partition coefficient (Wildman–Crippen LogP) is 4.06. The van der Waals surface area contributed by atoms with Crippen molar-refractivity contribution in [2.45, 2.75) is 70.4 Å². The molecule has 1 aliphatic heterocycles. The quantitative estimate of drug-likeness (QED) is 0.376. The Bertz CT molecular complexity index is 781. The fourth-order valence-electron chi connectivity index (χ4n) is 4.99. The molecule has 5 heteroatoms. The van der Waals surface area contributed by atoms with Gasteiger partial charge < -0.3 is 20.5 Å². The van der Waals surface area contributed by atoms with E-state index in [-0.39, 0.29) is 0 Å². The van der Waals surface area contributed by atoms with E-state index in [2.05, 4.69) is 57.9 Å². The van der Waals surface area contributed by atoms with Crippen LogP contribution in [-0.2, 0) is 6.42 Å². The lowest BCUT2D eigenvalue weighted by Crippen LogP contribution is -2.50. The Kier molecular flexibility index (Phi) is 7.09. The van der Waals surface area contributed by atoms with E-state index < -0.39 is 0 Å². The predicted molar refractivity (Wildman–Crippen MR) is 123 cm³/mol. The van der Waals surface area contributed by atoms with Crippen LogP contribution < -0.4 is 10.6 Å². The SMILES string of the molecule is CCNC(=NCCCc1c[nH]c2ccccc12)NC1CCN(C2CCCC2)CC1. The molecule has 0 radical (unpaired) electrons. The first-order valence-corrected chi connectivity index (χ1v) is 11.7. The molecule has 0 unspecified atom stereocenters. The largest absolute Gasteiger partial charge is 0.361 e. The third kappa shape index (κ3) is 5.33. The van der Waals surface area contributed by atoms with Gasteiger partial charge >= 0.3 is 0 Å². The number of aryl methyl sites for hydroxylation is 1. The molecular formula is C24H37N5. The maximum absolute atomic E-state index is 4.85. The first kappa shape index (κ1) is 20.3. The number of para-hydroxylation sites is 1. The van der Waals surface area contributed by atoms with Crippen LogP contribution in [0.3, 0.4) is 0 Å². The molecule has 1 aromatic carbocycles. The Labute approximate surface area is 175 Å². The van der Waals surface area contributed by atoms with Crippen molar-refractivity contribution in [1.29, 1.82) is 0 Å². The van der Waals surface area contributed by atoms with Gasteiger partial charge in [-0.15, -0.1) is 0 Å². The second kappa shape index (κ2) is 10.1. The number of nitrogens with one attached hydrogen (secondary N) is 3. The number of fused-ring (bicyclic) bond motifs is 1. The van der Waals surface area contributed by atoms with Gasteiger partial charge in [-0.2, -0.15) is 0 Å². The molecule has 1 aromatic heterocycles. The number of aromatic amines is 1. The minimum Gasteiger partial charge on any atom is -0.361 e. The molecule has 0 atom stereocenters. The van der Waals surface area contributed by atoms with Crippen molar-refractivity contribution in [3.05, 3.63) is 36.0 Å². The number of guanidine groups is 1. The molecule has 5 nitrogen and oxygen atoms in total. The molecule has 0 amide bonds. The van der Waals surface area contributed by atoms with Crippen molar-refractivity contribution in [3.8, 4) is 0 Å². The van der Waals surface area contributed by atoms with Crippen LogP contribution in [0.4, 0.5) is 0 Å². The summed E-state index contributed by atoms with van der Waals surface area (Å²) in [5.74, 6) is 0.991. The van der Waals surface area contributed by atoms with E-state index in [0.29, 0.717) is 6.04 Å². The Morgan fingerprint density at radius 2 is 1.93 bits per heavy atom. The van der Waals surface area contributed by atoms with Crippen molar-refractivity contribution >= 4 is 16.9 Å². The van der Waals surface area contributed by atoms with Gasteiger partial charge in [0.1, 0.15) is 0 Å². The summed E-state index contributed by atoms with van der Waals surface area (Å²) < 4.78 is 0. The summed E-state index contributed by atoms with van der Waals surface area (Å²) in [5.41, 5.74) is 2.62. The fraction of sp³-hybridized carbons (Fsp3) is 0.625. The molecule has 2 fully saturated rings. The standard InChI is InChI=1S/C24H37N5/c1-2-25-24(28-20-13-16-29(17-14-20)21-9-3-4-10-21)26-15-7-8-19-18-27-23-12-6-5-11-22(19)23/h5-6,11-12,18,20-21,27H,2-4,7-10,13-17H2,1H3,(H2,25,26,28). The number of rotatable bonds is 7. The summed E-state index contributed by atoms with van der Waals surface area (Å²) in [6.45, 7) is 6.39. The molecule has 1 aliphatic carbocycles. The number of benzene rings is 1. The van der Waals surface area contributed by atoms with E-state index in [1.807, 2.05) is 0 Å². The first-order chi connectivity index (χ1) is 14.3. The average Bonchev–Trinajstić information content (AvgIpc) is 3.42. The highest BCUT2D eigenvalue weighted by molar-refractivity contribution is 5.83. The van der Waals surface area contributed by atoms with E-state index in [9.17, 15) is 0 Å². The summed E-state index contributed by atoms with van der Waals surface area (Å²) in [4.78, 5) is 11.0. The number of piperidine rings is 1. The summed E-state index contributed by atoms with van der Waals surface area (Å²) in [6.07, 6.45) is 12.4. The molecule has 4 rings (SSSR count). The molecule has 29 heavy (non-hydrogen) atoms. The van der Waals surface area contributed by atoms with E-state index in [0.717, 1.165) is 37.9 Å². The lowest BCUT2D eigenvalue weighted by Gasteiger charge is -2.36. The molecule has 2 aliphatic rings. The van der Waals surface area contributed by atoms with E-state index in [1.165, 1.54) is 68.1 Å². The monoisotopic (exact) mass is 395 g/mol. The number of hydrogen-bond acceptors (Lipinski definition) is 2. The highest BCUT2D eigenvalue weighted by atomic mass is 15.2. The summed E-state index contributed by atoms with van der Waals surface area (Å²) in [5, 5.41) is 8.48. The van der Waals surface area contributed by atoms with Crippen molar-refractivity contribution < 1.29 is 0 Å². The van der Waals surface area contributed by atoms with Gasteiger partial charge in [0.25, 0.3) is 0 Å². The highest BCUT2D eigenvalue weighted by Gasteiger charge is 2.27. The van der Waals surface area contributed by atoms with Crippen LogP contribution >= 0.6 is 0 Å². The topological polar surface area (TPSA) is 55.5 Å². The van der Waals surface area contributed by atoms with Crippen LogP contribution in [0.2, 0.25) is 0 Å². The Balaban J connectivity index is 1.23. The van der Waals surface area contributed by atoms with Crippen molar-refractivity contribution in [2.24, 2.45) is 4.99 Å². The van der Waals surface area contributed by atoms with Crippen LogP contribution in [0.15, 0.2) is 35.5 Å². The number of likely N-dealkylation sites (tertiary alicyclic amines) is 1. The Hall–Kier alpha value is -2.01. The minimum absolute atomic E-state index is 0.555. The molecule has 1 saturated carbocycles. The minimum atomic E-state index is 0.555. The summed E-state index contributed by atoms with van der Waals surface area (Å²) >= 11 is 0. The third-order valence-corrected chi connectivity index (χ3v) is 6.60. The van der Waals surface area contributed by atoms with Gasteiger partial charge in [-0.1, -0.05) is 31.0 Å². The van der Waals surface area contributed by atoms with Gasteiger partial charge in [0, 0.05) is 55.4 Å². The number of aromatic nitrogens is 1. The van der Waals surface area contributed by atoms with Gasteiger partial charge in [-0.05, 0) is 57.1 Å². The fourth-order valence-corrected chi connectivity index (χ4v) is 4.99. The second-order valence-electron chi connectivity index (χ2n) is 8.62. The van der Waals surface area contributed by atoms with Crippen molar-refractivity contribution in [1.82, 2.24) is 20.5 Å². The number of hydrogen-bond donors (Lipinski definition) is 3. The number of nitrogens with zero attached hydrogens (tertiary/aromatic N) is 2. The molecule has 1 saturated heterocycles. The van der Waals surface area contributed by atoms with Crippen LogP contribution in [0.5, 0.6) is 0 Å². The molecule has 0 spiro atoms. The van der Waals surface area contributed by atoms with Crippen LogP contribution in [0.1, 0.15) is 57.4 Å². The van der Waals surface area contributed by atoms with Crippen LogP contribution in [-0.4, -0.2) is 54.1 Å². The van der Waals surface area contributed by atoms with Crippen LogP contribution in [0, 0.1) is 0 Å². The molecule has 158 valence electrons. The summed E-state index contributed by atoms with van der Waals surface area (Å²) in [7, 11) is 0. The van der Waals surface area contributed by atoms with Gasteiger partial charge in [0.2, 0.25) is 0 Å². The normalized spacial score (nSPS) is 19.8. The number of aliphatic imine (C=N–C) groups is 1. The van der Waals surface area contributed by atoms with Crippen LogP contribution in [0.25, 0.3) is 10.9 Å². The third-order valence-electron chi connectivity index (χ3n) is 6.60. The maximum Gasteiger partial charge on any atom is 0.191 e. The van der Waals surface area contributed by atoms with Gasteiger partial charge in [0.15, 0.2) is 5.96 Å². The first-order valence-electron chi connectivity index (χ1n) is 11.7. The Morgan fingerprint density at radius 3 is 2.72 bits per heavy atom. The zero-order valence-electron chi connectivity index (χ0n) is 17.9. The molecule has 3 N–H and O–H groups in total. The zero-order chi connectivity index (χ0) is 19.9. The van der Waals surface area contributed by atoms with E-state index >= 15 is 0 Å². The second-order valence-corrected chi connectivity index (χ2v) is 8.62. The zero-order valence-corrected chi connectivity index (χ0v) is 17.9. The van der Waals surface area contributed by atoms with Crippen molar-refractivity contribution in [2.75, 3.05) is 26.2 Å². The lowest BCUT2D eigenvalue weighted by atomic mass is 10.0. The van der Waals surface area contributed by atoms with E-state index in [4.69, 9.17) is 4.99 Å². The number of H-pyrrole nitrogens is 1. The molecule has 0 bridgehead atoms. The molecule has 2 heterocycles.